The number of aromatic nitrogens is 6. The zero-order chi connectivity index (χ0) is 83.5. The summed E-state index contributed by atoms with van der Waals surface area (Å²) in [7, 11) is -6.07. The summed E-state index contributed by atoms with van der Waals surface area (Å²) in [5.74, 6) is 3.96. The summed E-state index contributed by atoms with van der Waals surface area (Å²) in [5, 5.41) is 21.9. The largest absolute Gasteiger partial charge is 0.494 e. The van der Waals surface area contributed by atoms with Gasteiger partial charge in [-0.25, -0.2) is 29.9 Å². The lowest BCUT2D eigenvalue weighted by molar-refractivity contribution is 0.00578. The van der Waals surface area contributed by atoms with Gasteiger partial charge >= 0.3 is 7.12 Å². The van der Waals surface area contributed by atoms with Crippen LogP contribution in [0, 0.1) is 0 Å². The van der Waals surface area contributed by atoms with Crippen LogP contribution in [-0.4, -0.2) is 64.4 Å². The molecular weight excluding hydrogens is 1610 g/mol. The maximum atomic E-state index is 6.60. The van der Waals surface area contributed by atoms with Gasteiger partial charge in [0, 0.05) is 37.9 Å². The average Bonchev–Trinajstić information content (AvgIpc) is 1.52. The molecule has 0 radical (unpaired) electrons. The lowest BCUT2D eigenvalue weighted by Crippen LogP contribution is -2.73. The highest BCUT2D eigenvalue weighted by molar-refractivity contribution is 9.10. The normalized spacial score (nSPS) is 14.0. The second-order valence-corrected chi connectivity index (χ2v) is 41.3. The minimum absolute atomic E-state index is 0.403. The van der Waals surface area contributed by atoms with Crippen LogP contribution in [0.2, 0.25) is 0 Å². The zero-order valence-corrected chi connectivity index (χ0v) is 72.5. The molecule has 18 aromatic carbocycles. The van der Waals surface area contributed by atoms with Crippen LogP contribution >= 0.6 is 15.9 Å². The molecule has 590 valence electrons. The monoisotopic (exact) mass is 1690 g/mol. The highest BCUT2D eigenvalue weighted by Crippen LogP contribution is 2.44. The zero-order valence-electron chi connectivity index (χ0n) is 68.9. The Hall–Kier alpha value is -14.1. The van der Waals surface area contributed by atoms with E-state index in [9.17, 15) is 0 Å². The first kappa shape index (κ1) is 77.3. The minimum Gasteiger partial charge on any atom is -0.399 e. The van der Waals surface area contributed by atoms with Gasteiger partial charge < -0.3 is 9.31 Å². The topological polar surface area (TPSA) is 95.8 Å². The third-order valence-electron chi connectivity index (χ3n) is 25.3. The number of halogens is 1. The van der Waals surface area contributed by atoms with Gasteiger partial charge in [0.2, 0.25) is 0 Å². The first-order chi connectivity index (χ1) is 60.9. The molecular formula is C112H82BBrN6O2Si2. The van der Waals surface area contributed by atoms with Gasteiger partial charge in [-0.2, -0.15) is 0 Å². The van der Waals surface area contributed by atoms with Crippen molar-refractivity contribution in [1.29, 1.82) is 0 Å². The van der Waals surface area contributed by atoms with Gasteiger partial charge in [-0.1, -0.05) is 422 Å². The molecule has 0 aliphatic carbocycles. The van der Waals surface area contributed by atoms with Crippen LogP contribution in [0.25, 0.3) is 145 Å². The Balaban J connectivity index is 0.000000123. The van der Waals surface area contributed by atoms with Crippen molar-refractivity contribution >= 4 is 129 Å². The molecule has 12 heteroatoms. The molecule has 3 aliphatic heterocycles. The average molecular weight is 1690 g/mol. The van der Waals surface area contributed by atoms with E-state index < -0.39 is 34.5 Å². The summed E-state index contributed by atoms with van der Waals surface area (Å²) >= 11 is 3.52. The Labute approximate surface area is 732 Å². The molecule has 0 unspecified atom stereocenters. The van der Waals surface area contributed by atoms with Crippen molar-refractivity contribution in [2.75, 3.05) is 0 Å². The second-order valence-electron chi connectivity index (χ2n) is 33.0. The lowest BCUT2D eigenvalue weighted by atomic mass is 9.78. The van der Waals surface area contributed by atoms with Crippen molar-refractivity contribution < 1.29 is 9.31 Å². The second kappa shape index (κ2) is 32.1. The number of hydrogen-bond donors (Lipinski definition) is 0. The molecule has 1 saturated heterocycles. The molecule has 0 bridgehead atoms. The van der Waals surface area contributed by atoms with Crippen LogP contribution in [0.1, 0.15) is 27.7 Å². The number of fused-ring (bicyclic) bond motifs is 16. The summed E-state index contributed by atoms with van der Waals surface area (Å²) in [4.78, 5) is 29.1. The van der Waals surface area contributed by atoms with Crippen LogP contribution in [0.5, 0.6) is 0 Å². The van der Waals surface area contributed by atoms with E-state index >= 15 is 0 Å². The first-order valence-corrected chi connectivity index (χ1v) is 47.0. The van der Waals surface area contributed by atoms with E-state index in [0.717, 1.165) is 48.9 Å². The molecule has 20 aromatic rings. The van der Waals surface area contributed by atoms with E-state index in [1.807, 2.05) is 121 Å². The van der Waals surface area contributed by atoms with Gasteiger partial charge in [-0.3, -0.25) is 0 Å². The Morgan fingerprint density at radius 3 is 0.863 bits per heavy atom. The van der Waals surface area contributed by atoms with Gasteiger partial charge in [0.05, 0.1) is 11.2 Å². The molecule has 3 aliphatic rings. The van der Waals surface area contributed by atoms with Crippen LogP contribution in [-0.2, 0) is 9.31 Å². The molecule has 1 fully saturated rings. The Morgan fingerprint density at radius 2 is 0.500 bits per heavy atom. The molecule has 8 nitrogen and oxygen atoms in total. The van der Waals surface area contributed by atoms with Gasteiger partial charge in [0.1, 0.15) is 0 Å². The fraction of sp³-hybridized carbons (Fsp3) is 0.0536. The van der Waals surface area contributed by atoms with E-state index in [1.54, 1.807) is 0 Å². The first-order valence-electron chi connectivity index (χ1n) is 42.3. The number of hydrogen-bond acceptors (Lipinski definition) is 8. The SMILES string of the molecule is Brc1cccc(-c2nc(-c3ccccc3)nc(-c3ccccc3)n2)c1.CC1(C)OB(c2ccc3c(c2)[Si](c2ccccc2)(c2ccccc2)c2c-3c3ccccc3c3ccccc23)OC1(C)C.c1ccc(-c2nc(-c3ccccc3)nc(-c3cccc(-c4ccc5c(c4)[Si](c4ccccc4)(c4ccccc4)c4c-5c5ccccc5c5ccccc45)c3)n2)cc1. The maximum Gasteiger partial charge on any atom is 0.494 e. The Morgan fingerprint density at radius 1 is 0.234 bits per heavy atom. The van der Waals surface area contributed by atoms with Crippen LogP contribution in [0.15, 0.2) is 429 Å². The van der Waals surface area contributed by atoms with Crippen molar-refractivity contribution in [2.45, 2.75) is 38.9 Å². The fourth-order valence-corrected chi connectivity index (χ4v) is 30.3. The van der Waals surface area contributed by atoms with E-state index in [-0.39, 0.29) is 0 Å². The van der Waals surface area contributed by atoms with E-state index in [2.05, 4.69) is 352 Å². The number of nitrogens with zero attached hydrogens (tertiary/aromatic N) is 6. The van der Waals surface area contributed by atoms with Crippen molar-refractivity contribution in [1.82, 2.24) is 29.9 Å². The Kier molecular flexibility index (Phi) is 20.0. The summed E-state index contributed by atoms with van der Waals surface area (Å²) in [6, 6.07) is 152. The molecule has 5 heterocycles. The highest BCUT2D eigenvalue weighted by atomic mass is 79.9. The van der Waals surface area contributed by atoms with Crippen molar-refractivity contribution in [3.8, 4) is 102 Å². The molecule has 0 atom stereocenters. The van der Waals surface area contributed by atoms with Gasteiger partial charge in [-0.05, 0) is 169 Å². The number of rotatable bonds is 12. The van der Waals surface area contributed by atoms with Crippen molar-refractivity contribution in [2.24, 2.45) is 0 Å². The fourth-order valence-electron chi connectivity index (χ4n) is 19.0. The standard InChI is InChI=1S/C53H35N3Si.C38H33BO2Si.C21H14BrN3/c1-5-18-36(19-6-1)51-54-52(37-20-7-2-8-21-37)56-53(55-51)40-23-17-22-38(34-40)39-32-33-47-48(35-39)57(41-24-9-3-10-25-41,42-26-11-4-12-27-42)50-46-31-16-14-29-44(46)43-28-13-15-30-45(43)49(47)50;1-37(2)38(3,4)41-39(40-37)26-23-24-33-34(25-26)42(27-15-7-5-8-16-27,28-17-9-6-10-18-28)36-32-22-14-12-20-30(32)29-19-11-13-21-31(29)35(33)36;22-18-13-7-12-17(14-18)21-24-19(15-8-3-1-4-9-15)23-20(25-21)16-10-5-2-6-11-16/h1-35H;5-25H,1-4H3;1-14H. The lowest BCUT2D eigenvalue weighted by Gasteiger charge is -2.32. The third kappa shape index (κ3) is 13.4. The smallest absolute Gasteiger partial charge is 0.399 e. The predicted octanol–water partition coefficient (Wildman–Crippen LogP) is 21.5. The van der Waals surface area contributed by atoms with Gasteiger partial charge in [-0.15, -0.1) is 0 Å². The van der Waals surface area contributed by atoms with E-state index in [1.165, 1.54) is 112 Å². The van der Waals surface area contributed by atoms with Crippen LogP contribution in [0.4, 0.5) is 0 Å². The summed E-state index contributed by atoms with van der Waals surface area (Å²) in [6.07, 6.45) is 0. The summed E-state index contributed by atoms with van der Waals surface area (Å²) in [5.41, 5.74) is 13.7. The quantitative estimate of drug-likeness (QED) is 0.0882. The summed E-state index contributed by atoms with van der Waals surface area (Å²) in [6.45, 7) is 8.51. The van der Waals surface area contributed by atoms with E-state index in [0.29, 0.717) is 34.9 Å². The molecule has 23 rings (SSSR count). The van der Waals surface area contributed by atoms with Crippen LogP contribution in [0.3, 0.4) is 0 Å². The predicted molar refractivity (Wildman–Crippen MR) is 523 cm³/mol. The van der Waals surface area contributed by atoms with Gasteiger partial charge in [0.25, 0.3) is 0 Å². The summed E-state index contributed by atoms with van der Waals surface area (Å²) < 4.78 is 14.2. The third-order valence-corrected chi connectivity index (χ3v) is 35.6. The molecule has 124 heavy (non-hydrogen) atoms. The van der Waals surface area contributed by atoms with Crippen molar-refractivity contribution in [3.05, 3.63) is 429 Å². The maximum absolute atomic E-state index is 6.60. The molecule has 0 spiro atoms. The molecule has 2 aromatic heterocycles. The van der Waals surface area contributed by atoms with Crippen LogP contribution < -0.4 is 47.0 Å². The molecule has 0 amide bonds. The van der Waals surface area contributed by atoms with Crippen molar-refractivity contribution in [3.63, 3.8) is 0 Å². The van der Waals surface area contributed by atoms with Gasteiger partial charge in [0.15, 0.2) is 51.1 Å². The Bertz CT molecular complexity index is 7240. The van der Waals surface area contributed by atoms with E-state index in [4.69, 9.17) is 34.2 Å². The highest BCUT2D eigenvalue weighted by Gasteiger charge is 2.55. The molecule has 0 N–H and O–H groups in total. The number of benzene rings is 18. The molecule has 0 saturated carbocycles. The minimum atomic E-state index is -2.87.